The first kappa shape index (κ1) is 47.0. The molecule has 15 nitrogen and oxygen atoms in total. The smallest absolute Gasteiger partial charge is 0.407 e. The van der Waals surface area contributed by atoms with E-state index >= 15 is 0 Å². The Bertz CT molecular complexity index is 1820. The number of esters is 3. The van der Waals surface area contributed by atoms with E-state index in [1.165, 1.54) is 0 Å². The molecule has 18 heteroatoms. The third kappa shape index (κ3) is 14.6. The Morgan fingerprint density at radius 2 is 1.05 bits per heavy atom. The highest BCUT2D eigenvalue weighted by Gasteiger charge is 2.54. The fourth-order valence-electron chi connectivity index (χ4n) is 6.64. The normalized spacial score (nSPS) is 26.6. The highest BCUT2D eigenvalue weighted by atomic mass is 35.6. The SMILES string of the molecule is CC(=O)O[C@@H]1O[C@H](CO[C@@H]2O[C@@H](C)[C@@H](OCc3ccccc3)[C@@H](OCc3ccccc3)[C@@H]2OCc2ccccc2)[C@@H](OC(C)=O)[C@H](OC(C)=O)[C@H]1NC(=O)OCC(Cl)(Cl)Cl. The van der Waals surface area contributed by atoms with E-state index in [9.17, 15) is 19.2 Å². The van der Waals surface area contributed by atoms with Crippen LogP contribution in [0.4, 0.5) is 4.79 Å². The van der Waals surface area contributed by atoms with Gasteiger partial charge >= 0.3 is 24.0 Å². The summed E-state index contributed by atoms with van der Waals surface area (Å²) in [6.45, 7) is 4.66. The Hall–Kier alpha value is -4.03. The summed E-state index contributed by atoms with van der Waals surface area (Å²) in [4.78, 5) is 50.3. The second-order valence-electron chi connectivity index (χ2n) is 14.0. The number of hydrogen-bond acceptors (Lipinski definition) is 14. The predicted molar refractivity (Wildman–Crippen MR) is 215 cm³/mol. The van der Waals surface area contributed by atoms with Crippen LogP contribution in [0.3, 0.4) is 0 Å². The Kier molecular flexibility index (Phi) is 17.8. The zero-order chi connectivity index (χ0) is 43.2. The number of alkyl carbamates (subject to hydrolysis) is 1. The first-order valence-electron chi connectivity index (χ1n) is 19.1. The number of benzene rings is 3. The van der Waals surface area contributed by atoms with Crippen LogP contribution in [0.5, 0.6) is 0 Å². The van der Waals surface area contributed by atoms with Crippen LogP contribution in [0, 0.1) is 0 Å². The van der Waals surface area contributed by atoms with Gasteiger partial charge in [-0.05, 0) is 23.6 Å². The van der Waals surface area contributed by atoms with Gasteiger partial charge in [0.25, 0.3) is 0 Å². The Labute approximate surface area is 363 Å². The van der Waals surface area contributed by atoms with Crippen molar-refractivity contribution in [3.05, 3.63) is 108 Å². The molecule has 2 heterocycles. The van der Waals surface area contributed by atoms with Crippen molar-refractivity contribution in [2.24, 2.45) is 0 Å². The predicted octanol–water partition coefficient (Wildman–Crippen LogP) is 6.12. The van der Waals surface area contributed by atoms with E-state index in [0.29, 0.717) is 0 Å². The molecular weight excluding hydrogens is 849 g/mol. The summed E-state index contributed by atoms with van der Waals surface area (Å²) in [5.74, 6) is -2.46. The monoisotopic (exact) mass is 895 g/mol. The second kappa shape index (κ2) is 22.7. The van der Waals surface area contributed by atoms with Crippen LogP contribution < -0.4 is 5.32 Å². The zero-order valence-corrected chi connectivity index (χ0v) is 35.6. The molecule has 326 valence electrons. The summed E-state index contributed by atoms with van der Waals surface area (Å²) >= 11 is 17.2. The van der Waals surface area contributed by atoms with Crippen LogP contribution in [0.15, 0.2) is 91.0 Å². The molecule has 3 aromatic rings. The molecule has 2 aliphatic rings. The number of ether oxygens (including phenoxy) is 10. The molecule has 0 aliphatic carbocycles. The quantitative estimate of drug-likeness (QED) is 0.0933. The molecule has 5 rings (SSSR count). The highest BCUT2D eigenvalue weighted by molar-refractivity contribution is 6.67. The van der Waals surface area contributed by atoms with Gasteiger partial charge in [-0.15, -0.1) is 0 Å². The van der Waals surface area contributed by atoms with Crippen molar-refractivity contribution in [2.75, 3.05) is 13.2 Å². The average Bonchev–Trinajstić information content (AvgIpc) is 3.20. The molecule has 10 atom stereocenters. The molecule has 1 amide bonds. The third-order valence-electron chi connectivity index (χ3n) is 9.19. The Morgan fingerprint density at radius 3 is 1.53 bits per heavy atom. The molecule has 3 aromatic carbocycles. The first-order valence-corrected chi connectivity index (χ1v) is 20.2. The third-order valence-corrected chi connectivity index (χ3v) is 9.52. The van der Waals surface area contributed by atoms with Crippen LogP contribution in [0.2, 0.25) is 0 Å². The van der Waals surface area contributed by atoms with Gasteiger partial charge in [0.15, 0.2) is 18.5 Å². The molecule has 0 bridgehead atoms. The van der Waals surface area contributed by atoms with E-state index in [4.69, 9.17) is 82.2 Å². The number of nitrogens with one attached hydrogen (secondary N) is 1. The fourth-order valence-corrected chi connectivity index (χ4v) is 6.80. The van der Waals surface area contributed by atoms with Gasteiger partial charge in [0.2, 0.25) is 10.1 Å². The molecule has 0 aromatic heterocycles. The lowest BCUT2D eigenvalue weighted by Gasteiger charge is -2.47. The maximum Gasteiger partial charge on any atom is 0.407 e. The largest absolute Gasteiger partial charge is 0.456 e. The van der Waals surface area contributed by atoms with Crippen molar-refractivity contribution >= 4 is 58.8 Å². The second-order valence-corrected chi connectivity index (χ2v) is 16.5. The number of alkyl halides is 3. The number of carbonyl (C=O) groups excluding carboxylic acids is 4. The van der Waals surface area contributed by atoms with Crippen LogP contribution in [0.1, 0.15) is 44.4 Å². The van der Waals surface area contributed by atoms with Crippen LogP contribution >= 0.6 is 34.8 Å². The van der Waals surface area contributed by atoms with E-state index in [-0.39, 0.29) is 19.8 Å². The molecule has 0 saturated carbocycles. The minimum Gasteiger partial charge on any atom is -0.456 e. The molecule has 0 spiro atoms. The fraction of sp³-hybridized carbons (Fsp3) is 0.476. The van der Waals surface area contributed by atoms with Crippen LogP contribution in [-0.4, -0.2) is 102 Å². The average molecular weight is 897 g/mol. The Balaban J connectivity index is 1.45. The molecule has 0 unspecified atom stereocenters. The van der Waals surface area contributed by atoms with Crippen molar-refractivity contribution in [1.29, 1.82) is 0 Å². The lowest BCUT2D eigenvalue weighted by Crippen LogP contribution is -2.67. The summed E-state index contributed by atoms with van der Waals surface area (Å²) in [6.07, 6.45) is -11.2. The van der Waals surface area contributed by atoms with Gasteiger partial charge in [0.05, 0.1) is 32.5 Å². The Morgan fingerprint density at radius 1 is 0.583 bits per heavy atom. The summed E-state index contributed by atoms with van der Waals surface area (Å²) in [7, 11) is 0. The highest BCUT2D eigenvalue weighted by Crippen LogP contribution is 2.34. The number of amides is 1. The van der Waals surface area contributed by atoms with Crippen molar-refractivity contribution < 1.29 is 66.5 Å². The molecule has 60 heavy (non-hydrogen) atoms. The van der Waals surface area contributed by atoms with Gasteiger partial charge in [-0.2, -0.15) is 0 Å². The summed E-state index contributed by atoms with van der Waals surface area (Å²) in [5.41, 5.74) is 2.71. The van der Waals surface area contributed by atoms with Gasteiger partial charge in [-0.1, -0.05) is 126 Å². The van der Waals surface area contributed by atoms with Crippen LogP contribution in [0.25, 0.3) is 0 Å². The summed E-state index contributed by atoms with van der Waals surface area (Å²) < 4.78 is 58.6. The molecule has 0 radical (unpaired) electrons. The summed E-state index contributed by atoms with van der Waals surface area (Å²) in [6, 6.07) is 27.3. The van der Waals surface area contributed by atoms with E-state index in [0.717, 1.165) is 37.5 Å². The maximum atomic E-state index is 12.9. The van der Waals surface area contributed by atoms with Crippen molar-refractivity contribution in [3.63, 3.8) is 0 Å². The number of carbonyl (C=O) groups is 4. The van der Waals surface area contributed by atoms with Gasteiger partial charge in [-0.25, -0.2) is 4.79 Å². The van der Waals surface area contributed by atoms with Crippen molar-refractivity contribution in [1.82, 2.24) is 5.32 Å². The van der Waals surface area contributed by atoms with E-state index in [1.54, 1.807) is 0 Å². The van der Waals surface area contributed by atoms with Gasteiger partial charge in [0, 0.05) is 20.8 Å². The van der Waals surface area contributed by atoms with Crippen LogP contribution in [-0.2, 0) is 81.6 Å². The molecule has 2 aliphatic heterocycles. The minimum atomic E-state index is -1.96. The van der Waals surface area contributed by atoms with E-state index in [2.05, 4.69) is 5.32 Å². The molecule has 1 N–H and O–H groups in total. The van der Waals surface area contributed by atoms with Crippen molar-refractivity contribution in [3.8, 4) is 0 Å². The molecule has 2 fully saturated rings. The zero-order valence-electron chi connectivity index (χ0n) is 33.3. The lowest BCUT2D eigenvalue weighted by atomic mass is 9.96. The first-order chi connectivity index (χ1) is 28.7. The molecular formula is C42H48Cl3NO14. The van der Waals surface area contributed by atoms with Gasteiger partial charge < -0.3 is 52.7 Å². The van der Waals surface area contributed by atoms with E-state index < -0.39 is 102 Å². The topological polar surface area (TPSA) is 173 Å². The standard InChI is InChI=1S/C42H48Cl3NO14/c1-25-34(51-20-29-14-8-5-9-15-29)37(52-21-30-16-10-6-11-17-30)38(53-22-31-18-12-7-13-19-31)40(56-25)54-23-32-35(57-26(2)47)36(58-27(3)48)33(39(60-32)59-28(4)49)46-41(50)55-24-42(43,44)45/h5-19,25,32-40H,20-24H2,1-4H3,(H,46,50)/t25-,32+,33+,34+,35+,36+,37+,38-,39+,40+/m0/s1. The van der Waals surface area contributed by atoms with Gasteiger partial charge in [0.1, 0.15) is 37.1 Å². The van der Waals surface area contributed by atoms with Crippen molar-refractivity contribution in [2.45, 2.75) is 113 Å². The maximum absolute atomic E-state index is 12.9. The van der Waals surface area contributed by atoms with E-state index in [1.807, 2.05) is 97.9 Å². The number of hydrogen-bond donors (Lipinski definition) is 1. The molecule has 2 saturated heterocycles. The lowest BCUT2D eigenvalue weighted by molar-refractivity contribution is -0.332. The minimum absolute atomic E-state index is 0.139. The summed E-state index contributed by atoms with van der Waals surface area (Å²) in [5, 5.41) is 2.41. The number of halogens is 3. The number of rotatable bonds is 17. The van der Waals surface area contributed by atoms with Gasteiger partial charge in [-0.3, -0.25) is 14.4 Å².